The first-order valence-corrected chi connectivity index (χ1v) is 14.9. The first-order chi connectivity index (χ1) is 20.7. The van der Waals surface area contributed by atoms with Gasteiger partial charge in [0.25, 0.3) is 0 Å². The average molecular weight is 546 g/mol. The van der Waals surface area contributed by atoms with E-state index in [-0.39, 0.29) is 6.04 Å². The van der Waals surface area contributed by atoms with Gasteiger partial charge in [-0.3, -0.25) is 0 Å². The zero-order valence-corrected chi connectivity index (χ0v) is 23.9. The smallest absolute Gasteiger partial charge is 0.0910 e. The topological polar surface area (TPSA) is 37.0 Å². The third-order valence-corrected chi connectivity index (χ3v) is 8.45. The Morgan fingerprint density at radius 2 is 1.74 bits per heavy atom. The van der Waals surface area contributed by atoms with Gasteiger partial charge in [-0.2, -0.15) is 0 Å². The summed E-state index contributed by atoms with van der Waals surface area (Å²) in [7, 11) is 0. The molecule has 7 rings (SSSR count). The second kappa shape index (κ2) is 11.5. The predicted molar refractivity (Wildman–Crippen MR) is 175 cm³/mol. The Kier molecular flexibility index (Phi) is 7.15. The Morgan fingerprint density at radius 3 is 2.62 bits per heavy atom. The molecule has 3 aromatic rings. The number of allylic oxidation sites excluding steroid dienone is 11. The average Bonchev–Trinajstić information content (AvgIpc) is 3.23. The molecule has 0 amide bonds. The number of pyridine rings is 1. The number of rotatable bonds is 3. The molecular formula is C39H35N3. The van der Waals surface area contributed by atoms with Crippen molar-refractivity contribution in [2.24, 2.45) is 0 Å². The van der Waals surface area contributed by atoms with E-state index in [4.69, 9.17) is 4.98 Å². The number of fused-ring (bicyclic) bond motifs is 3. The van der Waals surface area contributed by atoms with Gasteiger partial charge in [0.1, 0.15) is 0 Å². The monoisotopic (exact) mass is 545 g/mol. The van der Waals surface area contributed by atoms with E-state index in [9.17, 15) is 0 Å². The van der Waals surface area contributed by atoms with Crippen LogP contribution in [-0.4, -0.2) is 11.5 Å². The second-order valence-electron chi connectivity index (χ2n) is 11.2. The highest BCUT2D eigenvalue weighted by atomic mass is 15.0. The predicted octanol–water partition coefficient (Wildman–Crippen LogP) is 8.36. The van der Waals surface area contributed by atoms with E-state index in [2.05, 4.69) is 145 Å². The minimum Gasteiger partial charge on any atom is -0.387 e. The van der Waals surface area contributed by atoms with Gasteiger partial charge >= 0.3 is 0 Å². The zero-order valence-electron chi connectivity index (χ0n) is 23.9. The Hall–Kier alpha value is -4.89. The molecule has 0 fully saturated rings. The van der Waals surface area contributed by atoms with Gasteiger partial charge in [-0.15, -0.1) is 0 Å². The van der Waals surface area contributed by atoms with Crippen LogP contribution in [0.15, 0.2) is 139 Å². The molecule has 0 radical (unpaired) electrons. The second-order valence-corrected chi connectivity index (χ2v) is 11.2. The van der Waals surface area contributed by atoms with Crippen LogP contribution in [0.4, 0.5) is 0 Å². The fraction of sp³-hybridized carbons (Fsp3) is 0.154. The molecule has 3 heteroatoms. The summed E-state index contributed by atoms with van der Waals surface area (Å²) in [6.07, 6.45) is 28.2. The number of dihydropyridines is 2. The van der Waals surface area contributed by atoms with Crippen molar-refractivity contribution in [1.29, 1.82) is 0 Å². The first kappa shape index (κ1) is 26.0. The molecule has 2 aromatic carbocycles. The number of aromatic nitrogens is 1. The molecule has 4 aliphatic rings. The van der Waals surface area contributed by atoms with E-state index >= 15 is 0 Å². The van der Waals surface area contributed by atoms with Crippen LogP contribution >= 0.6 is 0 Å². The van der Waals surface area contributed by atoms with Crippen molar-refractivity contribution in [2.45, 2.75) is 31.7 Å². The largest absolute Gasteiger partial charge is 0.387 e. The third kappa shape index (κ3) is 5.14. The quantitative estimate of drug-likeness (QED) is 0.347. The van der Waals surface area contributed by atoms with Crippen molar-refractivity contribution in [1.82, 2.24) is 15.6 Å². The van der Waals surface area contributed by atoms with Gasteiger partial charge in [0.05, 0.1) is 23.1 Å². The van der Waals surface area contributed by atoms with Gasteiger partial charge in [-0.05, 0) is 76.1 Å². The number of nitrogens with zero attached hydrogens (tertiary/aromatic N) is 1. The molecule has 2 aliphatic heterocycles. The lowest BCUT2D eigenvalue weighted by Gasteiger charge is -2.26. The minimum atomic E-state index is 0.0755. The maximum atomic E-state index is 5.41. The molecule has 2 atom stereocenters. The van der Waals surface area contributed by atoms with Crippen LogP contribution in [0.3, 0.4) is 0 Å². The summed E-state index contributed by atoms with van der Waals surface area (Å²) in [6.45, 7) is 3.13. The highest BCUT2D eigenvalue weighted by molar-refractivity contribution is 5.83. The van der Waals surface area contributed by atoms with E-state index in [0.717, 1.165) is 36.5 Å². The number of benzene rings is 2. The van der Waals surface area contributed by atoms with Gasteiger partial charge in [0.2, 0.25) is 0 Å². The normalized spacial score (nSPS) is 23.5. The maximum Gasteiger partial charge on any atom is 0.0910 e. The lowest BCUT2D eigenvalue weighted by atomic mass is 9.88. The zero-order chi connectivity index (χ0) is 28.3. The Balaban J connectivity index is 1.24. The van der Waals surface area contributed by atoms with Gasteiger partial charge in [-0.1, -0.05) is 122 Å². The van der Waals surface area contributed by atoms with Crippen molar-refractivity contribution < 1.29 is 0 Å². The summed E-state index contributed by atoms with van der Waals surface area (Å²) < 4.78 is 0. The molecule has 2 N–H and O–H groups in total. The van der Waals surface area contributed by atoms with Crippen molar-refractivity contribution in [2.75, 3.05) is 6.54 Å². The fourth-order valence-electron chi connectivity index (χ4n) is 6.16. The first-order valence-electron chi connectivity index (χ1n) is 14.9. The van der Waals surface area contributed by atoms with E-state index in [1.165, 1.54) is 44.5 Å². The van der Waals surface area contributed by atoms with E-state index in [1.807, 2.05) is 6.20 Å². The lowest BCUT2D eigenvalue weighted by molar-refractivity contribution is 0.755. The lowest BCUT2D eigenvalue weighted by Crippen LogP contribution is -2.23. The summed E-state index contributed by atoms with van der Waals surface area (Å²) in [4.78, 5) is 5.41. The number of hydrogen-bond donors (Lipinski definition) is 2. The Morgan fingerprint density at radius 1 is 0.833 bits per heavy atom. The molecule has 3 nitrogen and oxygen atoms in total. The third-order valence-electron chi connectivity index (χ3n) is 8.45. The maximum absolute atomic E-state index is 5.41. The van der Waals surface area contributed by atoms with Crippen LogP contribution in [-0.2, 0) is 6.42 Å². The number of hydrogen-bond acceptors (Lipinski definition) is 3. The molecule has 1 aromatic heterocycles. The van der Waals surface area contributed by atoms with Crippen LogP contribution < -0.4 is 10.6 Å². The van der Waals surface area contributed by atoms with E-state index in [0.29, 0.717) is 5.92 Å². The van der Waals surface area contributed by atoms with Crippen molar-refractivity contribution in [3.8, 4) is 0 Å². The van der Waals surface area contributed by atoms with Gasteiger partial charge in [0.15, 0.2) is 0 Å². The molecule has 3 heterocycles. The molecule has 2 aliphatic carbocycles. The summed E-state index contributed by atoms with van der Waals surface area (Å²) in [5.41, 5.74) is 13.1. The molecule has 0 saturated heterocycles. The van der Waals surface area contributed by atoms with Crippen molar-refractivity contribution in [3.63, 3.8) is 0 Å². The number of nitrogens with one attached hydrogen (secondary N) is 2. The summed E-state index contributed by atoms with van der Waals surface area (Å²) >= 11 is 0. The molecule has 2 unspecified atom stereocenters. The van der Waals surface area contributed by atoms with Crippen molar-refractivity contribution in [3.05, 3.63) is 178 Å². The summed E-state index contributed by atoms with van der Waals surface area (Å²) in [5, 5.41) is 7.09. The molecular weight excluding hydrogens is 510 g/mol. The summed E-state index contributed by atoms with van der Waals surface area (Å²) in [6, 6.07) is 22.2. The molecule has 0 bridgehead atoms. The minimum absolute atomic E-state index is 0.0755. The van der Waals surface area contributed by atoms with Crippen LogP contribution in [0.5, 0.6) is 0 Å². The molecule has 0 spiro atoms. The molecule has 0 saturated carbocycles. The highest BCUT2D eigenvalue weighted by Gasteiger charge is 2.23. The van der Waals surface area contributed by atoms with Crippen LogP contribution in [0, 0.1) is 0 Å². The van der Waals surface area contributed by atoms with Gasteiger partial charge < -0.3 is 10.6 Å². The van der Waals surface area contributed by atoms with Crippen molar-refractivity contribution >= 4 is 16.8 Å². The summed E-state index contributed by atoms with van der Waals surface area (Å²) in [5.74, 6) is 0.311. The Labute approximate surface area is 248 Å². The van der Waals surface area contributed by atoms with Crippen LogP contribution in [0.2, 0.25) is 0 Å². The van der Waals surface area contributed by atoms with E-state index in [1.54, 1.807) is 0 Å². The molecule has 206 valence electrons. The van der Waals surface area contributed by atoms with Crippen LogP contribution in [0.25, 0.3) is 16.8 Å². The van der Waals surface area contributed by atoms with E-state index < -0.39 is 0 Å². The Bertz CT molecular complexity index is 1760. The highest BCUT2D eigenvalue weighted by Crippen LogP contribution is 2.36. The standard InChI is InChI=1S/C39H35N3/c1-27-9-4-2-3-5-14-35(34-13-7-6-12-33(27)34)37-22-20-32-11-8-10-31-19-21-36(41-38(31)39(32)42-37)30-17-15-28(16-18-30)29-23-25-40-26-24-29/h2-4,6-10,12-25,27,36,40-41H,5,11,26H2,1H3/b3-2-,9-4-,35-14+. The van der Waals surface area contributed by atoms with Gasteiger partial charge in [0, 0.05) is 12.1 Å². The van der Waals surface area contributed by atoms with Crippen LogP contribution in [0.1, 0.15) is 64.5 Å². The SMILES string of the molecule is CC1/C=C\C=C/C/C=C(/c2ccc3c(n2)C2=C(C=CC3)C=CC(c3ccc(C4=CCNC=C4)cc3)N2)c2ccccc21. The fourth-order valence-corrected chi connectivity index (χ4v) is 6.16. The molecule has 42 heavy (non-hydrogen) atoms. The van der Waals surface area contributed by atoms with Gasteiger partial charge in [-0.25, -0.2) is 4.98 Å².